The van der Waals surface area contributed by atoms with Gasteiger partial charge in [-0.15, -0.1) is 0 Å². The molecule has 24 heavy (non-hydrogen) atoms. The van der Waals surface area contributed by atoms with E-state index < -0.39 is 35.0 Å². The summed E-state index contributed by atoms with van der Waals surface area (Å²) in [5.41, 5.74) is 1.85. The number of carbonyl (C=O) groups excluding carboxylic acids is 1. The lowest BCUT2D eigenvalue weighted by Crippen LogP contribution is -2.30. The fraction of sp³-hybridized carbons (Fsp3) is 0.0667. The third kappa shape index (κ3) is 3.78. The quantitative estimate of drug-likeness (QED) is 0.662. The number of hydrogen-bond acceptors (Lipinski definition) is 3. The second kappa shape index (κ2) is 6.54. The minimum absolute atomic E-state index is 0.209. The average Bonchev–Trinajstić information content (AvgIpc) is 2.54. The van der Waals surface area contributed by atoms with E-state index in [9.17, 15) is 26.7 Å². The van der Waals surface area contributed by atoms with Gasteiger partial charge in [0.2, 0.25) is 0 Å². The minimum atomic E-state index is -4.76. The van der Waals surface area contributed by atoms with Gasteiger partial charge in [-0.05, 0) is 36.4 Å². The molecule has 0 aromatic heterocycles. The second-order valence-corrected chi connectivity index (χ2v) is 4.58. The van der Waals surface area contributed by atoms with Gasteiger partial charge in [-0.25, -0.2) is 8.78 Å². The zero-order chi connectivity index (χ0) is 17.9. The van der Waals surface area contributed by atoms with Crippen LogP contribution in [0.2, 0.25) is 0 Å². The van der Waals surface area contributed by atoms with E-state index in [4.69, 9.17) is 5.26 Å². The third-order valence-corrected chi connectivity index (χ3v) is 2.95. The van der Waals surface area contributed by atoms with Crippen LogP contribution in [0.15, 0.2) is 36.4 Å². The average molecular weight is 341 g/mol. The van der Waals surface area contributed by atoms with Gasteiger partial charge in [-0.2, -0.15) is 18.4 Å². The Hall–Kier alpha value is -3.15. The van der Waals surface area contributed by atoms with Gasteiger partial charge in [0.1, 0.15) is 0 Å². The summed E-state index contributed by atoms with van der Waals surface area (Å²) in [6.45, 7) is 0. The van der Waals surface area contributed by atoms with Crippen molar-refractivity contribution in [2.45, 2.75) is 6.18 Å². The van der Waals surface area contributed by atoms with Crippen molar-refractivity contribution in [3.05, 3.63) is 64.7 Å². The molecule has 0 saturated heterocycles. The molecule has 2 aromatic carbocycles. The van der Waals surface area contributed by atoms with Crippen molar-refractivity contribution in [1.82, 2.24) is 5.43 Å². The molecule has 0 radical (unpaired) electrons. The van der Waals surface area contributed by atoms with Crippen molar-refractivity contribution >= 4 is 11.6 Å². The van der Waals surface area contributed by atoms with Crippen molar-refractivity contribution < 1.29 is 26.7 Å². The lowest BCUT2D eigenvalue weighted by Gasteiger charge is -2.15. The van der Waals surface area contributed by atoms with Gasteiger partial charge in [-0.1, -0.05) is 0 Å². The molecule has 0 saturated carbocycles. The second-order valence-electron chi connectivity index (χ2n) is 4.58. The molecule has 9 heteroatoms. The third-order valence-electron chi connectivity index (χ3n) is 2.95. The van der Waals surface area contributed by atoms with E-state index >= 15 is 0 Å². The molecule has 0 heterocycles. The number of nitrogens with one attached hydrogen (secondary N) is 2. The summed E-state index contributed by atoms with van der Waals surface area (Å²) in [7, 11) is 0. The smallest absolute Gasteiger partial charge is 0.298 e. The Balaban J connectivity index is 2.21. The molecule has 124 valence electrons. The number of hydrogen-bond donors (Lipinski definition) is 2. The van der Waals surface area contributed by atoms with Gasteiger partial charge < -0.3 is 0 Å². The lowest BCUT2D eigenvalue weighted by molar-refractivity contribution is -0.137. The largest absolute Gasteiger partial charge is 0.418 e. The summed E-state index contributed by atoms with van der Waals surface area (Å²) < 4.78 is 64.7. The number of rotatable bonds is 3. The maximum atomic E-state index is 13.1. The summed E-state index contributed by atoms with van der Waals surface area (Å²) in [6, 6.07) is 6.58. The van der Waals surface area contributed by atoms with E-state index in [2.05, 4.69) is 5.43 Å². The zero-order valence-corrected chi connectivity index (χ0v) is 11.7. The highest BCUT2D eigenvalue weighted by Gasteiger charge is 2.34. The first kappa shape index (κ1) is 17.2. The highest BCUT2D eigenvalue weighted by molar-refractivity contribution is 5.94. The number of nitriles is 1. The topological polar surface area (TPSA) is 64.9 Å². The molecular formula is C15H8F5N3O. The molecular weight excluding hydrogens is 333 g/mol. The summed E-state index contributed by atoms with van der Waals surface area (Å²) in [6.07, 6.45) is -4.76. The van der Waals surface area contributed by atoms with Crippen LogP contribution in [-0.2, 0) is 6.18 Å². The lowest BCUT2D eigenvalue weighted by atomic mass is 10.1. The molecule has 2 N–H and O–H groups in total. The van der Waals surface area contributed by atoms with Gasteiger partial charge in [0, 0.05) is 5.56 Å². The molecule has 0 bridgehead atoms. The molecule has 4 nitrogen and oxygen atoms in total. The molecule has 1 amide bonds. The van der Waals surface area contributed by atoms with Gasteiger partial charge in [0.05, 0.1) is 22.9 Å². The maximum Gasteiger partial charge on any atom is 0.418 e. The normalized spacial score (nSPS) is 10.8. The first-order valence-electron chi connectivity index (χ1n) is 6.35. The van der Waals surface area contributed by atoms with Gasteiger partial charge >= 0.3 is 6.18 Å². The van der Waals surface area contributed by atoms with Crippen molar-refractivity contribution in [3.8, 4) is 6.07 Å². The molecule has 2 rings (SSSR count). The van der Waals surface area contributed by atoms with Crippen LogP contribution in [-0.4, -0.2) is 5.91 Å². The zero-order valence-electron chi connectivity index (χ0n) is 11.7. The monoisotopic (exact) mass is 341 g/mol. The summed E-state index contributed by atoms with van der Waals surface area (Å²) in [5, 5.41) is 8.66. The van der Waals surface area contributed by atoms with E-state index in [-0.39, 0.29) is 11.1 Å². The fourth-order valence-electron chi connectivity index (χ4n) is 1.79. The number of nitrogens with zero attached hydrogens (tertiary/aromatic N) is 1. The number of halogens is 5. The fourth-order valence-corrected chi connectivity index (χ4v) is 1.79. The highest BCUT2D eigenvalue weighted by Crippen LogP contribution is 2.35. The molecule has 2 aromatic rings. The Morgan fingerprint density at radius 1 is 1.04 bits per heavy atom. The number of alkyl halides is 3. The number of hydrazine groups is 1. The standard InChI is InChI=1S/C15H8F5N3O/c16-11-3-2-9(6-12(11)17)14(24)23-22-13-4-1-8(7-21)5-10(13)15(18,19)20/h1-6,22H,(H,23,24). The molecule has 0 aliphatic rings. The number of anilines is 1. The van der Waals surface area contributed by atoms with Crippen molar-refractivity contribution in [1.29, 1.82) is 5.26 Å². The Bertz CT molecular complexity index is 827. The first-order chi connectivity index (χ1) is 11.2. The van der Waals surface area contributed by atoms with Crippen LogP contribution < -0.4 is 10.9 Å². The van der Waals surface area contributed by atoms with Crippen LogP contribution in [0.4, 0.5) is 27.6 Å². The summed E-state index contributed by atoms with van der Waals surface area (Å²) >= 11 is 0. The molecule has 0 aliphatic heterocycles. The number of carbonyl (C=O) groups is 1. The van der Waals surface area contributed by atoms with Crippen LogP contribution in [0.5, 0.6) is 0 Å². The van der Waals surface area contributed by atoms with Crippen molar-refractivity contribution in [3.63, 3.8) is 0 Å². The molecule has 0 spiro atoms. The predicted molar refractivity (Wildman–Crippen MR) is 73.6 cm³/mol. The van der Waals surface area contributed by atoms with E-state index in [0.29, 0.717) is 18.2 Å². The Labute approximate surface area is 132 Å². The molecule has 0 unspecified atom stereocenters. The van der Waals surface area contributed by atoms with Crippen LogP contribution in [0.3, 0.4) is 0 Å². The SMILES string of the molecule is N#Cc1ccc(NNC(=O)c2ccc(F)c(F)c2)c(C(F)(F)F)c1. The molecule has 0 aliphatic carbocycles. The van der Waals surface area contributed by atoms with Crippen LogP contribution >= 0.6 is 0 Å². The predicted octanol–water partition coefficient (Wildman–Crippen LogP) is 3.61. The van der Waals surface area contributed by atoms with E-state index in [1.807, 2.05) is 5.43 Å². The Morgan fingerprint density at radius 2 is 1.75 bits per heavy atom. The van der Waals surface area contributed by atoms with Crippen molar-refractivity contribution in [2.24, 2.45) is 0 Å². The van der Waals surface area contributed by atoms with E-state index in [1.54, 1.807) is 6.07 Å². The van der Waals surface area contributed by atoms with Crippen molar-refractivity contribution in [2.75, 3.05) is 5.43 Å². The number of benzene rings is 2. The van der Waals surface area contributed by atoms with Crippen LogP contribution in [0.1, 0.15) is 21.5 Å². The Morgan fingerprint density at radius 3 is 2.33 bits per heavy atom. The van der Waals surface area contributed by atoms with Crippen LogP contribution in [0.25, 0.3) is 0 Å². The first-order valence-corrected chi connectivity index (χ1v) is 6.35. The minimum Gasteiger partial charge on any atom is -0.298 e. The molecule has 0 fully saturated rings. The summed E-state index contributed by atoms with van der Waals surface area (Å²) in [5.74, 6) is -3.39. The van der Waals surface area contributed by atoms with Gasteiger partial charge in [0.15, 0.2) is 11.6 Å². The van der Waals surface area contributed by atoms with E-state index in [0.717, 1.165) is 18.2 Å². The van der Waals surface area contributed by atoms with Gasteiger partial charge in [0.25, 0.3) is 5.91 Å². The maximum absolute atomic E-state index is 13.1. The van der Waals surface area contributed by atoms with Crippen LogP contribution in [0, 0.1) is 23.0 Å². The van der Waals surface area contributed by atoms with Gasteiger partial charge in [-0.3, -0.25) is 15.6 Å². The summed E-state index contributed by atoms with van der Waals surface area (Å²) in [4.78, 5) is 11.8. The Kier molecular flexibility index (Phi) is 4.69. The number of amides is 1. The molecule has 0 atom stereocenters. The van der Waals surface area contributed by atoms with E-state index in [1.165, 1.54) is 0 Å². The highest BCUT2D eigenvalue weighted by atomic mass is 19.4.